The molecule has 1 aromatic carbocycles. The lowest BCUT2D eigenvalue weighted by molar-refractivity contribution is 0.246. The number of benzene rings is 1. The average Bonchev–Trinajstić information content (AvgIpc) is 2.48. The second kappa shape index (κ2) is 6.70. The molecule has 0 aromatic heterocycles. The molecule has 0 bridgehead atoms. The molecule has 1 aliphatic heterocycles. The molecule has 1 unspecified atom stereocenters. The van der Waals surface area contributed by atoms with E-state index in [-0.39, 0.29) is 6.04 Å². The Morgan fingerprint density at radius 1 is 1.25 bits per heavy atom. The fourth-order valence-electron chi connectivity index (χ4n) is 2.82. The van der Waals surface area contributed by atoms with Crippen LogP contribution < -0.4 is 5.32 Å². The molecular formula is C15H24N2O2S. The monoisotopic (exact) mass is 296 g/mol. The summed E-state index contributed by atoms with van der Waals surface area (Å²) in [6, 6.07) is 7.38. The van der Waals surface area contributed by atoms with Crippen LogP contribution in [0.25, 0.3) is 0 Å². The van der Waals surface area contributed by atoms with Gasteiger partial charge in [-0.05, 0) is 44.0 Å². The molecule has 0 amide bonds. The van der Waals surface area contributed by atoms with E-state index < -0.39 is 10.0 Å². The minimum Gasteiger partial charge on any atom is -0.316 e. The fraction of sp³-hybridized carbons (Fsp3) is 0.600. The summed E-state index contributed by atoms with van der Waals surface area (Å²) in [4.78, 5) is 0.415. The summed E-state index contributed by atoms with van der Waals surface area (Å²) < 4.78 is 27.2. The molecule has 1 N–H and O–H groups in total. The van der Waals surface area contributed by atoms with Crippen molar-refractivity contribution in [1.29, 1.82) is 0 Å². The van der Waals surface area contributed by atoms with E-state index in [0.29, 0.717) is 11.4 Å². The highest BCUT2D eigenvalue weighted by Gasteiger charge is 2.32. The Hall–Kier alpha value is -0.910. The van der Waals surface area contributed by atoms with Gasteiger partial charge in [0.1, 0.15) is 0 Å². The molecule has 0 radical (unpaired) electrons. The molecular weight excluding hydrogens is 272 g/mol. The van der Waals surface area contributed by atoms with Crippen molar-refractivity contribution in [2.45, 2.75) is 50.1 Å². The Kier molecular flexibility index (Phi) is 5.18. The second-order valence-corrected chi connectivity index (χ2v) is 7.24. The maximum Gasteiger partial charge on any atom is 0.243 e. The van der Waals surface area contributed by atoms with E-state index in [9.17, 15) is 8.42 Å². The van der Waals surface area contributed by atoms with Gasteiger partial charge in [-0.2, -0.15) is 4.31 Å². The van der Waals surface area contributed by atoms with Crippen LogP contribution in [0.2, 0.25) is 0 Å². The minimum atomic E-state index is -3.34. The lowest BCUT2D eigenvalue weighted by atomic mass is 10.0. The van der Waals surface area contributed by atoms with E-state index in [1.807, 2.05) is 19.2 Å². The Morgan fingerprint density at radius 3 is 2.55 bits per heavy atom. The standard InChI is InChI=1S/C15H24N2O2S/c1-3-14-6-4-5-11-17(14)20(18,19)15-9-7-13(8-10-15)12-16-2/h7-10,14,16H,3-6,11-12H2,1-2H3. The van der Waals surface area contributed by atoms with Crippen molar-refractivity contribution >= 4 is 10.0 Å². The van der Waals surface area contributed by atoms with Gasteiger partial charge in [0.15, 0.2) is 0 Å². The van der Waals surface area contributed by atoms with Crippen LogP contribution in [0.1, 0.15) is 38.2 Å². The fourth-order valence-corrected chi connectivity index (χ4v) is 4.58. The van der Waals surface area contributed by atoms with Gasteiger partial charge >= 0.3 is 0 Å². The summed E-state index contributed by atoms with van der Waals surface area (Å²) in [5, 5.41) is 3.06. The van der Waals surface area contributed by atoms with E-state index in [0.717, 1.165) is 37.8 Å². The van der Waals surface area contributed by atoms with Crippen LogP contribution >= 0.6 is 0 Å². The van der Waals surface area contributed by atoms with Gasteiger partial charge < -0.3 is 5.32 Å². The van der Waals surface area contributed by atoms with Crippen molar-refractivity contribution in [2.24, 2.45) is 0 Å². The number of nitrogens with one attached hydrogen (secondary N) is 1. The van der Waals surface area contributed by atoms with Crippen LogP contribution in [0.15, 0.2) is 29.2 Å². The first-order chi connectivity index (χ1) is 9.59. The summed E-state index contributed by atoms with van der Waals surface area (Å²) in [7, 11) is -1.46. The summed E-state index contributed by atoms with van der Waals surface area (Å²) in [6.45, 7) is 3.47. The third kappa shape index (κ3) is 3.22. The third-order valence-electron chi connectivity index (χ3n) is 3.96. The van der Waals surface area contributed by atoms with E-state index in [1.165, 1.54) is 0 Å². The minimum absolute atomic E-state index is 0.158. The molecule has 0 saturated carbocycles. The van der Waals surface area contributed by atoms with Gasteiger partial charge in [-0.25, -0.2) is 8.42 Å². The van der Waals surface area contributed by atoms with Gasteiger partial charge in [-0.1, -0.05) is 25.5 Å². The zero-order valence-corrected chi connectivity index (χ0v) is 13.1. The van der Waals surface area contributed by atoms with Gasteiger partial charge in [0.2, 0.25) is 10.0 Å². The number of sulfonamides is 1. The van der Waals surface area contributed by atoms with E-state index in [4.69, 9.17) is 0 Å². The molecule has 2 rings (SSSR count). The van der Waals surface area contributed by atoms with Gasteiger partial charge in [0.05, 0.1) is 4.90 Å². The van der Waals surface area contributed by atoms with Crippen molar-refractivity contribution in [3.05, 3.63) is 29.8 Å². The highest BCUT2D eigenvalue weighted by Crippen LogP contribution is 2.27. The number of rotatable bonds is 5. The molecule has 1 atom stereocenters. The summed E-state index contributed by atoms with van der Waals surface area (Å²) in [6.07, 6.45) is 3.96. The Bertz CT molecular complexity index is 525. The normalized spacial score (nSPS) is 21.0. The number of piperidine rings is 1. The third-order valence-corrected chi connectivity index (χ3v) is 5.92. The molecule has 4 nitrogen and oxygen atoms in total. The predicted molar refractivity (Wildman–Crippen MR) is 81.0 cm³/mol. The predicted octanol–water partition coefficient (Wildman–Crippen LogP) is 2.36. The summed E-state index contributed by atoms with van der Waals surface area (Å²) in [5.41, 5.74) is 1.09. The Morgan fingerprint density at radius 2 is 1.95 bits per heavy atom. The molecule has 5 heteroatoms. The molecule has 20 heavy (non-hydrogen) atoms. The molecule has 1 fully saturated rings. The largest absolute Gasteiger partial charge is 0.316 e. The molecule has 1 heterocycles. The van der Waals surface area contributed by atoms with Gasteiger partial charge in [-0.3, -0.25) is 0 Å². The molecule has 0 spiro atoms. The quantitative estimate of drug-likeness (QED) is 0.907. The highest BCUT2D eigenvalue weighted by molar-refractivity contribution is 7.89. The topological polar surface area (TPSA) is 49.4 Å². The number of hydrogen-bond acceptors (Lipinski definition) is 3. The molecule has 0 aliphatic carbocycles. The number of nitrogens with zero attached hydrogens (tertiary/aromatic N) is 1. The molecule has 112 valence electrons. The second-order valence-electron chi connectivity index (χ2n) is 5.35. The maximum absolute atomic E-state index is 12.7. The van der Waals surface area contributed by atoms with Gasteiger partial charge in [-0.15, -0.1) is 0 Å². The lowest BCUT2D eigenvalue weighted by Crippen LogP contribution is -2.43. The first kappa shape index (κ1) is 15.5. The van der Waals surface area contributed by atoms with Crippen molar-refractivity contribution < 1.29 is 8.42 Å². The smallest absolute Gasteiger partial charge is 0.243 e. The van der Waals surface area contributed by atoms with Crippen LogP contribution in [0.5, 0.6) is 0 Å². The Labute approximate surface area is 122 Å². The van der Waals surface area contributed by atoms with E-state index in [2.05, 4.69) is 12.2 Å². The van der Waals surface area contributed by atoms with Crippen LogP contribution in [-0.4, -0.2) is 32.4 Å². The molecule has 1 aromatic rings. The van der Waals surface area contributed by atoms with Gasteiger partial charge in [0, 0.05) is 19.1 Å². The summed E-state index contributed by atoms with van der Waals surface area (Å²) >= 11 is 0. The first-order valence-electron chi connectivity index (χ1n) is 7.35. The molecule has 1 aliphatic rings. The van der Waals surface area contributed by atoms with Crippen molar-refractivity contribution in [1.82, 2.24) is 9.62 Å². The highest BCUT2D eigenvalue weighted by atomic mass is 32.2. The average molecular weight is 296 g/mol. The van der Waals surface area contributed by atoms with E-state index >= 15 is 0 Å². The van der Waals surface area contributed by atoms with Crippen LogP contribution in [0.4, 0.5) is 0 Å². The Balaban J connectivity index is 2.24. The van der Waals surface area contributed by atoms with Crippen LogP contribution in [0.3, 0.4) is 0 Å². The van der Waals surface area contributed by atoms with Crippen LogP contribution in [-0.2, 0) is 16.6 Å². The van der Waals surface area contributed by atoms with E-state index in [1.54, 1.807) is 16.4 Å². The number of hydrogen-bond donors (Lipinski definition) is 1. The van der Waals surface area contributed by atoms with Crippen molar-refractivity contribution in [2.75, 3.05) is 13.6 Å². The summed E-state index contributed by atoms with van der Waals surface area (Å²) in [5.74, 6) is 0. The lowest BCUT2D eigenvalue weighted by Gasteiger charge is -2.34. The molecule has 1 saturated heterocycles. The van der Waals surface area contributed by atoms with Crippen molar-refractivity contribution in [3.63, 3.8) is 0 Å². The zero-order valence-electron chi connectivity index (χ0n) is 12.3. The van der Waals surface area contributed by atoms with Crippen LogP contribution in [0, 0.1) is 0 Å². The zero-order chi connectivity index (χ0) is 14.6. The van der Waals surface area contributed by atoms with Crippen molar-refractivity contribution in [3.8, 4) is 0 Å². The first-order valence-corrected chi connectivity index (χ1v) is 8.79. The maximum atomic E-state index is 12.7. The SMILES string of the molecule is CCC1CCCCN1S(=O)(=O)c1ccc(CNC)cc1. The van der Waals surface area contributed by atoms with Gasteiger partial charge in [0.25, 0.3) is 0 Å².